The van der Waals surface area contributed by atoms with E-state index in [2.05, 4.69) is 29.4 Å². The molecule has 1 aromatic carbocycles. The Morgan fingerprint density at radius 2 is 2.05 bits per heavy atom. The third-order valence-corrected chi connectivity index (χ3v) is 3.45. The fourth-order valence-corrected chi connectivity index (χ4v) is 2.23. The molecule has 2 rings (SSSR count). The van der Waals surface area contributed by atoms with Gasteiger partial charge in [0, 0.05) is 19.3 Å². The molecule has 20 heavy (non-hydrogen) atoms. The first-order chi connectivity index (χ1) is 9.74. The van der Waals surface area contributed by atoms with Gasteiger partial charge >= 0.3 is 0 Å². The fourth-order valence-electron chi connectivity index (χ4n) is 2.23. The van der Waals surface area contributed by atoms with E-state index in [-0.39, 0.29) is 0 Å². The zero-order valence-corrected chi connectivity index (χ0v) is 12.0. The predicted molar refractivity (Wildman–Crippen MR) is 80.1 cm³/mol. The van der Waals surface area contributed by atoms with Crippen LogP contribution in [-0.2, 0) is 19.5 Å². The van der Waals surface area contributed by atoms with Gasteiger partial charge in [-0.15, -0.1) is 0 Å². The van der Waals surface area contributed by atoms with Crippen molar-refractivity contribution in [1.82, 2.24) is 10.3 Å². The molecule has 0 aliphatic heterocycles. The highest BCUT2D eigenvalue weighted by Crippen LogP contribution is 2.11. The third kappa shape index (κ3) is 3.43. The van der Waals surface area contributed by atoms with Gasteiger partial charge in [-0.2, -0.15) is 5.26 Å². The highest BCUT2D eigenvalue weighted by Gasteiger charge is 2.03. The van der Waals surface area contributed by atoms with Crippen molar-refractivity contribution >= 4 is 0 Å². The van der Waals surface area contributed by atoms with Crippen molar-refractivity contribution in [2.45, 2.75) is 33.4 Å². The first kappa shape index (κ1) is 14.2. The van der Waals surface area contributed by atoms with Crippen LogP contribution in [0.1, 0.15) is 34.9 Å². The van der Waals surface area contributed by atoms with Crippen LogP contribution in [0, 0.1) is 18.3 Å². The van der Waals surface area contributed by atoms with Gasteiger partial charge in [-0.05, 0) is 48.2 Å². The average molecular weight is 265 g/mol. The van der Waals surface area contributed by atoms with Crippen molar-refractivity contribution < 1.29 is 0 Å². The highest BCUT2D eigenvalue weighted by molar-refractivity contribution is 5.37. The molecule has 0 bridgehead atoms. The molecule has 0 atom stereocenters. The number of aromatic nitrogens is 1. The van der Waals surface area contributed by atoms with E-state index in [1.165, 1.54) is 11.1 Å². The van der Waals surface area contributed by atoms with E-state index in [4.69, 9.17) is 5.26 Å². The van der Waals surface area contributed by atoms with Crippen LogP contribution in [0.5, 0.6) is 0 Å². The molecule has 1 aromatic heterocycles. The van der Waals surface area contributed by atoms with Crippen molar-refractivity contribution in [2.24, 2.45) is 0 Å². The van der Waals surface area contributed by atoms with Crippen molar-refractivity contribution in [3.05, 3.63) is 64.5 Å². The number of pyridine rings is 1. The van der Waals surface area contributed by atoms with Crippen molar-refractivity contribution in [2.75, 3.05) is 0 Å². The standard InChI is InChI=1S/C17H19N3/c1-3-15-5-4-8-20-17(15)12-19-11-16-7-6-14(10-18)9-13(16)2/h4-9,19H,3,11-12H2,1-2H3. The van der Waals surface area contributed by atoms with Gasteiger partial charge in [0.2, 0.25) is 0 Å². The second-order valence-electron chi connectivity index (χ2n) is 4.82. The Hall–Kier alpha value is -2.18. The Morgan fingerprint density at radius 3 is 2.75 bits per heavy atom. The van der Waals surface area contributed by atoms with Gasteiger partial charge in [-0.3, -0.25) is 4.98 Å². The Balaban J connectivity index is 1.98. The number of aryl methyl sites for hydroxylation is 2. The van der Waals surface area contributed by atoms with Gasteiger partial charge in [-0.25, -0.2) is 0 Å². The normalized spacial score (nSPS) is 10.2. The van der Waals surface area contributed by atoms with Gasteiger partial charge in [0.05, 0.1) is 17.3 Å². The SMILES string of the molecule is CCc1cccnc1CNCc1ccc(C#N)cc1C. The minimum Gasteiger partial charge on any atom is -0.307 e. The number of rotatable bonds is 5. The molecule has 0 spiro atoms. The summed E-state index contributed by atoms with van der Waals surface area (Å²) in [7, 11) is 0. The van der Waals surface area contributed by atoms with Gasteiger partial charge in [0.25, 0.3) is 0 Å². The molecule has 0 saturated heterocycles. The maximum Gasteiger partial charge on any atom is 0.0991 e. The largest absolute Gasteiger partial charge is 0.307 e. The summed E-state index contributed by atoms with van der Waals surface area (Å²) in [5.41, 5.74) is 5.48. The van der Waals surface area contributed by atoms with Crippen LogP contribution >= 0.6 is 0 Å². The van der Waals surface area contributed by atoms with Gasteiger partial charge < -0.3 is 5.32 Å². The maximum absolute atomic E-state index is 8.86. The molecule has 1 N–H and O–H groups in total. The van der Waals surface area contributed by atoms with E-state index in [1.54, 1.807) is 0 Å². The van der Waals surface area contributed by atoms with Crippen LogP contribution in [-0.4, -0.2) is 4.98 Å². The Labute approximate surface area is 120 Å². The van der Waals surface area contributed by atoms with Crippen molar-refractivity contribution in [3.63, 3.8) is 0 Å². The van der Waals surface area contributed by atoms with E-state index in [9.17, 15) is 0 Å². The van der Waals surface area contributed by atoms with E-state index in [0.29, 0.717) is 5.56 Å². The van der Waals surface area contributed by atoms with Gasteiger partial charge in [0.1, 0.15) is 0 Å². The van der Waals surface area contributed by atoms with Crippen LogP contribution in [0.4, 0.5) is 0 Å². The number of nitriles is 1. The minimum absolute atomic E-state index is 0.712. The molecule has 0 radical (unpaired) electrons. The molecular formula is C17H19N3. The van der Waals surface area contributed by atoms with Gasteiger partial charge in [0.15, 0.2) is 0 Å². The molecular weight excluding hydrogens is 246 g/mol. The lowest BCUT2D eigenvalue weighted by Gasteiger charge is -2.10. The predicted octanol–water partition coefficient (Wildman–Crippen LogP) is 3.11. The molecule has 2 aromatic rings. The van der Waals surface area contributed by atoms with Crippen molar-refractivity contribution in [3.8, 4) is 6.07 Å². The fraction of sp³-hybridized carbons (Fsp3) is 0.294. The molecule has 0 unspecified atom stereocenters. The summed E-state index contributed by atoms with van der Waals surface area (Å²) in [6.07, 6.45) is 2.84. The van der Waals surface area contributed by atoms with Crippen LogP contribution in [0.25, 0.3) is 0 Å². The lowest BCUT2D eigenvalue weighted by Crippen LogP contribution is -2.15. The molecule has 0 aliphatic carbocycles. The lowest BCUT2D eigenvalue weighted by atomic mass is 10.1. The maximum atomic E-state index is 8.86. The van der Waals surface area contributed by atoms with E-state index >= 15 is 0 Å². The molecule has 102 valence electrons. The second-order valence-corrected chi connectivity index (χ2v) is 4.82. The van der Waals surface area contributed by atoms with Crippen LogP contribution < -0.4 is 5.32 Å². The van der Waals surface area contributed by atoms with E-state index < -0.39 is 0 Å². The van der Waals surface area contributed by atoms with Gasteiger partial charge in [-0.1, -0.05) is 19.1 Å². The van der Waals surface area contributed by atoms with Crippen molar-refractivity contribution in [1.29, 1.82) is 5.26 Å². The second kappa shape index (κ2) is 6.83. The zero-order valence-electron chi connectivity index (χ0n) is 12.0. The minimum atomic E-state index is 0.712. The zero-order chi connectivity index (χ0) is 14.4. The van der Waals surface area contributed by atoms with Crippen LogP contribution in [0.15, 0.2) is 36.5 Å². The summed E-state index contributed by atoms with van der Waals surface area (Å²) < 4.78 is 0. The smallest absolute Gasteiger partial charge is 0.0991 e. The lowest BCUT2D eigenvalue weighted by molar-refractivity contribution is 0.671. The quantitative estimate of drug-likeness (QED) is 0.903. The average Bonchev–Trinajstić information content (AvgIpc) is 2.49. The summed E-state index contributed by atoms with van der Waals surface area (Å²) >= 11 is 0. The Kier molecular flexibility index (Phi) is 4.86. The van der Waals surface area contributed by atoms with Crippen LogP contribution in [0.2, 0.25) is 0 Å². The number of nitrogens with zero attached hydrogens (tertiary/aromatic N) is 2. The first-order valence-corrected chi connectivity index (χ1v) is 6.87. The molecule has 3 heteroatoms. The monoisotopic (exact) mass is 265 g/mol. The van der Waals surface area contributed by atoms with Crippen LogP contribution in [0.3, 0.4) is 0 Å². The summed E-state index contributed by atoms with van der Waals surface area (Å²) in [6, 6.07) is 12.1. The number of benzene rings is 1. The summed E-state index contributed by atoms with van der Waals surface area (Å²) in [5.74, 6) is 0. The number of hydrogen-bond acceptors (Lipinski definition) is 3. The summed E-state index contributed by atoms with van der Waals surface area (Å²) in [6.45, 7) is 5.74. The number of nitrogens with one attached hydrogen (secondary N) is 1. The molecule has 3 nitrogen and oxygen atoms in total. The molecule has 0 aliphatic rings. The number of hydrogen-bond donors (Lipinski definition) is 1. The first-order valence-electron chi connectivity index (χ1n) is 6.87. The molecule has 0 amide bonds. The summed E-state index contributed by atoms with van der Waals surface area (Å²) in [5, 5.41) is 12.3. The highest BCUT2D eigenvalue weighted by atomic mass is 14.9. The van der Waals surface area contributed by atoms with E-state index in [1.807, 2.05) is 37.4 Å². The Bertz CT molecular complexity index is 626. The Morgan fingerprint density at radius 1 is 1.20 bits per heavy atom. The topological polar surface area (TPSA) is 48.7 Å². The molecule has 0 saturated carbocycles. The molecule has 0 fully saturated rings. The molecule has 1 heterocycles. The summed E-state index contributed by atoms with van der Waals surface area (Å²) in [4.78, 5) is 4.42. The third-order valence-electron chi connectivity index (χ3n) is 3.45. The van der Waals surface area contributed by atoms with E-state index in [0.717, 1.165) is 30.8 Å².